The van der Waals surface area contributed by atoms with Gasteiger partial charge in [0.05, 0.1) is 35.3 Å². The molecule has 0 aliphatic heterocycles. The van der Waals surface area contributed by atoms with Crippen LogP contribution in [0.25, 0.3) is 11.0 Å². The first kappa shape index (κ1) is 28.9. The molecule has 0 saturated carbocycles. The lowest BCUT2D eigenvalue weighted by Crippen LogP contribution is -2.28. The van der Waals surface area contributed by atoms with Crippen LogP contribution in [0.2, 0.25) is 25.7 Å². The number of imidazole rings is 1. The molecule has 0 aliphatic carbocycles. The van der Waals surface area contributed by atoms with E-state index in [4.69, 9.17) is 18.9 Å². The molecule has 1 heterocycles. The molecule has 0 spiro atoms. The maximum atomic E-state index is 13.4. The third-order valence-corrected chi connectivity index (χ3v) is 9.00. The maximum Gasteiger partial charge on any atom is 0.168 e. The summed E-state index contributed by atoms with van der Waals surface area (Å²) in [6, 6.07) is 12.6. The number of rotatable bonds is 9. The van der Waals surface area contributed by atoms with E-state index in [0.29, 0.717) is 35.0 Å². The largest absolute Gasteiger partial charge is 0.591 e. The highest BCUT2D eigenvalue weighted by Gasteiger charge is 2.31. The lowest BCUT2D eigenvalue weighted by molar-refractivity contribution is 0.0895. The Bertz CT molecular complexity index is 1350. The molecule has 0 bridgehead atoms. The van der Waals surface area contributed by atoms with Gasteiger partial charge in [0.1, 0.15) is 28.6 Å². The minimum absolute atomic E-state index is 0.236. The van der Waals surface area contributed by atoms with Crippen molar-refractivity contribution in [2.75, 3.05) is 13.7 Å². The summed E-state index contributed by atoms with van der Waals surface area (Å²) in [5, 5.41) is 9.54. The van der Waals surface area contributed by atoms with Gasteiger partial charge in [0.25, 0.3) is 0 Å². The monoisotopic (exact) mass is 538 g/mol. The molecule has 3 aromatic rings. The topological polar surface area (TPSA) is 95.5 Å². The van der Waals surface area contributed by atoms with E-state index in [-0.39, 0.29) is 6.73 Å². The van der Waals surface area contributed by atoms with Crippen LogP contribution in [0.15, 0.2) is 34.7 Å². The average molecular weight is 539 g/mol. The molecule has 2 aromatic carbocycles. The quantitative estimate of drug-likeness (QED) is 0.141. The van der Waals surface area contributed by atoms with Gasteiger partial charge in [-0.05, 0) is 76.1 Å². The van der Waals surface area contributed by atoms with Crippen LogP contribution in [0.4, 0.5) is 0 Å². The number of benzene rings is 2. The number of nitriles is 1. The molecule has 1 unspecified atom stereocenters. The minimum Gasteiger partial charge on any atom is -0.591 e. The highest BCUT2D eigenvalue weighted by atomic mass is 32.2. The Balaban J connectivity index is 2.28. The molecule has 0 aliphatic rings. The van der Waals surface area contributed by atoms with Crippen LogP contribution in [-0.4, -0.2) is 46.4 Å². The van der Waals surface area contributed by atoms with Gasteiger partial charge in [-0.1, -0.05) is 30.1 Å². The van der Waals surface area contributed by atoms with Gasteiger partial charge < -0.3 is 14.0 Å². The van der Waals surface area contributed by atoms with E-state index < -0.39 is 24.2 Å². The van der Waals surface area contributed by atoms with Gasteiger partial charge in [0, 0.05) is 14.7 Å². The van der Waals surface area contributed by atoms with Crippen molar-refractivity contribution < 1.29 is 14.0 Å². The number of aryl methyl sites for hydroxylation is 2. The number of hydrogen-bond donors (Lipinski definition) is 0. The van der Waals surface area contributed by atoms with Crippen molar-refractivity contribution in [3.05, 3.63) is 58.4 Å². The molecule has 0 fully saturated rings. The van der Waals surface area contributed by atoms with Crippen LogP contribution in [-0.2, 0) is 22.8 Å². The van der Waals surface area contributed by atoms with Gasteiger partial charge >= 0.3 is 0 Å². The van der Waals surface area contributed by atoms with Gasteiger partial charge in [-0.3, -0.25) is 4.57 Å². The molecule has 1 atom stereocenters. The van der Waals surface area contributed by atoms with E-state index >= 15 is 0 Å². The molecule has 0 amide bonds. The summed E-state index contributed by atoms with van der Waals surface area (Å²) in [5.74, 6) is 1.17. The van der Waals surface area contributed by atoms with E-state index in [2.05, 4.69) is 31.8 Å². The summed E-state index contributed by atoms with van der Waals surface area (Å²) >= 11 is -1.56. The van der Waals surface area contributed by atoms with Crippen molar-refractivity contribution in [2.45, 2.75) is 71.8 Å². The van der Waals surface area contributed by atoms with Crippen molar-refractivity contribution in [3.8, 4) is 11.8 Å². The zero-order chi connectivity index (χ0) is 27.5. The van der Waals surface area contributed by atoms with E-state index in [1.54, 1.807) is 13.2 Å². The molecule has 0 saturated heterocycles. The normalized spacial score (nSPS) is 13.6. The highest BCUT2D eigenvalue weighted by molar-refractivity contribution is 7.91. The van der Waals surface area contributed by atoms with E-state index in [0.717, 1.165) is 28.3 Å². The zero-order valence-electron chi connectivity index (χ0n) is 23.4. The Morgan fingerprint density at radius 1 is 1.19 bits per heavy atom. The molecule has 1 aromatic heterocycles. The molecule has 9 heteroatoms. The van der Waals surface area contributed by atoms with Gasteiger partial charge in [-0.2, -0.15) is 5.26 Å². The summed E-state index contributed by atoms with van der Waals surface area (Å²) in [4.78, 5) is 4.93. The molecular weight excluding hydrogens is 500 g/mol. The Hall–Kier alpha value is -2.64. The van der Waals surface area contributed by atoms with Crippen LogP contribution >= 0.6 is 0 Å². The third kappa shape index (κ3) is 7.02. The Morgan fingerprint density at radius 3 is 2.49 bits per heavy atom. The minimum atomic E-state index is -1.56. The van der Waals surface area contributed by atoms with Crippen LogP contribution in [0, 0.1) is 25.2 Å². The average Bonchev–Trinajstić information content (AvgIpc) is 3.16. The fraction of sp³-hybridized carbons (Fsp3) is 0.464. The molecular formula is C28H38N4O3SSi. The summed E-state index contributed by atoms with van der Waals surface area (Å²) in [6.07, 6.45) is 0. The Labute approximate surface area is 224 Å². The molecule has 37 heavy (non-hydrogen) atoms. The first-order chi connectivity index (χ1) is 17.2. The van der Waals surface area contributed by atoms with Gasteiger partial charge in [0.2, 0.25) is 0 Å². The van der Waals surface area contributed by atoms with E-state index in [9.17, 15) is 9.81 Å². The van der Waals surface area contributed by atoms with E-state index in [1.165, 1.54) is 0 Å². The first-order valence-corrected chi connectivity index (χ1v) is 17.2. The standard InChI is InChI=1S/C28H38N4O3SSi/c1-19-14-20(2)25(24(15-19)34-6)26(31-36(33)28(3,4)5)27-30-22-11-10-21(17-29)16-23(22)32(27)18-35-12-13-37(7,8)9/h10-11,14-16H,12-13,18H2,1-9H3/b31-26-. The summed E-state index contributed by atoms with van der Waals surface area (Å²) < 4.78 is 31.4. The first-order valence-electron chi connectivity index (χ1n) is 12.4. The number of hydrogen-bond acceptors (Lipinski definition) is 6. The lowest BCUT2D eigenvalue weighted by atomic mass is 9.99. The number of methoxy groups -OCH3 is 1. The number of ether oxygens (including phenoxy) is 2. The number of aromatic nitrogens is 2. The molecule has 198 valence electrons. The predicted molar refractivity (Wildman–Crippen MR) is 155 cm³/mol. The Morgan fingerprint density at radius 2 is 1.89 bits per heavy atom. The highest BCUT2D eigenvalue weighted by Crippen LogP contribution is 2.31. The van der Waals surface area contributed by atoms with Crippen LogP contribution in [0.3, 0.4) is 0 Å². The van der Waals surface area contributed by atoms with Gasteiger partial charge in [-0.15, -0.1) is 0 Å². The summed E-state index contributed by atoms with van der Waals surface area (Å²) in [5.41, 5.74) is 5.22. The van der Waals surface area contributed by atoms with Crippen molar-refractivity contribution in [1.82, 2.24) is 9.55 Å². The predicted octanol–water partition coefficient (Wildman–Crippen LogP) is 6.15. The van der Waals surface area contributed by atoms with Crippen molar-refractivity contribution in [1.29, 1.82) is 5.26 Å². The second kappa shape index (κ2) is 11.4. The van der Waals surface area contributed by atoms with Gasteiger partial charge in [-0.25, -0.2) is 4.98 Å². The van der Waals surface area contributed by atoms with Crippen molar-refractivity contribution in [3.63, 3.8) is 0 Å². The van der Waals surface area contributed by atoms with Crippen LogP contribution in [0.5, 0.6) is 5.75 Å². The SMILES string of the molecule is COc1cc(C)cc(C)c1/C(=N/[S+]([O-])C(C)(C)C)c1nc2ccc(C#N)cc2n1COCC[Si](C)(C)C. The summed E-state index contributed by atoms with van der Waals surface area (Å²) in [6.45, 7) is 17.5. The second-order valence-corrected chi connectivity index (χ2v) is 19.0. The van der Waals surface area contributed by atoms with Crippen molar-refractivity contribution in [2.24, 2.45) is 4.40 Å². The number of fused-ring (bicyclic) bond motifs is 1. The smallest absolute Gasteiger partial charge is 0.168 e. The second-order valence-electron chi connectivity index (χ2n) is 11.5. The summed E-state index contributed by atoms with van der Waals surface area (Å²) in [7, 11) is 0.346. The third-order valence-electron chi connectivity index (χ3n) is 5.90. The fourth-order valence-electron chi connectivity index (χ4n) is 3.85. The number of nitrogens with zero attached hydrogens (tertiary/aromatic N) is 4. The molecule has 0 radical (unpaired) electrons. The Kier molecular flexibility index (Phi) is 8.91. The fourth-order valence-corrected chi connectivity index (χ4v) is 5.22. The van der Waals surface area contributed by atoms with Gasteiger partial charge in [0.15, 0.2) is 11.5 Å². The lowest BCUT2D eigenvalue weighted by Gasteiger charge is -2.21. The van der Waals surface area contributed by atoms with Crippen molar-refractivity contribution >= 4 is 36.2 Å². The van der Waals surface area contributed by atoms with Crippen LogP contribution in [0.1, 0.15) is 48.8 Å². The van der Waals surface area contributed by atoms with E-state index in [1.807, 2.05) is 57.4 Å². The van der Waals surface area contributed by atoms with Crippen LogP contribution < -0.4 is 4.74 Å². The molecule has 3 rings (SSSR count). The molecule has 7 nitrogen and oxygen atoms in total. The maximum absolute atomic E-state index is 13.4. The molecule has 0 N–H and O–H groups in total. The zero-order valence-corrected chi connectivity index (χ0v) is 25.2.